The topological polar surface area (TPSA) is 38.3 Å². The number of unbranched alkanes of at least 4 members (excludes halogenated alkanes) is 7. The van der Waals surface area contributed by atoms with Crippen molar-refractivity contribution in [1.29, 1.82) is 0 Å². The highest BCUT2D eigenvalue weighted by Gasteiger charge is 2.03. The van der Waals surface area contributed by atoms with Gasteiger partial charge in [-0.3, -0.25) is 4.79 Å². The zero-order valence-electron chi connectivity index (χ0n) is 14.6. The number of carbonyl (C=O) groups excluding carboxylic acids is 1. The van der Waals surface area contributed by atoms with E-state index in [1.807, 2.05) is 6.92 Å². The van der Waals surface area contributed by atoms with E-state index >= 15 is 0 Å². The number of hydrogen-bond donors (Lipinski definition) is 1. The van der Waals surface area contributed by atoms with Gasteiger partial charge in [0.25, 0.3) is 0 Å². The zero-order chi connectivity index (χ0) is 15.8. The molecule has 0 aliphatic rings. The van der Waals surface area contributed by atoms with Crippen molar-refractivity contribution in [1.82, 2.24) is 5.32 Å². The number of nitrogens with one attached hydrogen (secondary N) is 1. The summed E-state index contributed by atoms with van der Waals surface area (Å²) in [7, 11) is 0. The molecule has 1 amide bonds. The molecule has 0 saturated carbocycles. The second-order valence-electron chi connectivity index (χ2n) is 6.04. The second kappa shape index (κ2) is 15.8. The molecule has 0 bridgehead atoms. The smallest absolute Gasteiger partial charge is 0.220 e. The Morgan fingerprint density at radius 2 is 1.57 bits per heavy atom. The first kappa shape index (κ1) is 20.4. The van der Waals surface area contributed by atoms with Crippen LogP contribution in [0.15, 0.2) is 0 Å². The van der Waals surface area contributed by atoms with Gasteiger partial charge in [0, 0.05) is 13.0 Å². The molecule has 0 aliphatic heterocycles. The molecule has 1 unspecified atom stereocenters. The quantitative estimate of drug-likeness (QED) is 0.439. The van der Waals surface area contributed by atoms with Crippen LogP contribution in [0.1, 0.15) is 91.4 Å². The maximum Gasteiger partial charge on any atom is 0.220 e. The lowest BCUT2D eigenvalue weighted by Gasteiger charge is -2.13. The Labute approximate surface area is 132 Å². The van der Waals surface area contributed by atoms with Gasteiger partial charge in [0.15, 0.2) is 0 Å². The van der Waals surface area contributed by atoms with E-state index in [0.717, 1.165) is 12.8 Å². The summed E-state index contributed by atoms with van der Waals surface area (Å²) in [6.07, 6.45) is 13.8. The monoisotopic (exact) mass is 299 g/mol. The molecule has 3 heteroatoms. The first-order valence-corrected chi connectivity index (χ1v) is 9.09. The third kappa shape index (κ3) is 15.6. The van der Waals surface area contributed by atoms with Gasteiger partial charge in [-0.05, 0) is 19.8 Å². The molecular weight excluding hydrogens is 262 g/mol. The van der Waals surface area contributed by atoms with Crippen molar-refractivity contribution in [2.24, 2.45) is 0 Å². The van der Waals surface area contributed by atoms with E-state index in [2.05, 4.69) is 19.2 Å². The number of ether oxygens (including phenoxy) is 1. The summed E-state index contributed by atoms with van der Waals surface area (Å²) in [5.41, 5.74) is 0. The van der Waals surface area contributed by atoms with Crippen molar-refractivity contribution in [3.8, 4) is 0 Å². The maximum absolute atomic E-state index is 11.3. The number of rotatable bonds is 15. The minimum atomic E-state index is 0.136. The van der Waals surface area contributed by atoms with Gasteiger partial charge in [-0.2, -0.15) is 0 Å². The lowest BCUT2D eigenvalue weighted by Crippen LogP contribution is -2.28. The first-order valence-electron chi connectivity index (χ1n) is 9.09. The average molecular weight is 299 g/mol. The van der Waals surface area contributed by atoms with Gasteiger partial charge in [0.1, 0.15) is 0 Å². The van der Waals surface area contributed by atoms with Crippen molar-refractivity contribution >= 4 is 5.91 Å². The SMILES string of the molecule is CCCCCCCCCCC(C)OCCNC(=O)CCC. The third-order valence-corrected chi connectivity index (χ3v) is 3.77. The van der Waals surface area contributed by atoms with Gasteiger partial charge in [0.05, 0.1) is 12.7 Å². The fraction of sp³-hybridized carbons (Fsp3) is 0.944. The van der Waals surface area contributed by atoms with E-state index in [1.165, 1.54) is 51.4 Å². The molecule has 0 spiro atoms. The molecule has 3 nitrogen and oxygen atoms in total. The zero-order valence-corrected chi connectivity index (χ0v) is 14.6. The Hall–Kier alpha value is -0.570. The van der Waals surface area contributed by atoms with Crippen molar-refractivity contribution in [2.75, 3.05) is 13.2 Å². The molecule has 0 aliphatic carbocycles. The van der Waals surface area contributed by atoms with Gasteiger partial charge in [-0.25, -0.2) is 0 Å². The Bertz CT molecular complexity index is 231. The van der Waals surface area contributed by atoms with Crippen LogP contribution in [0.4, 0.5) is 0 Å². The Kier molecular flexibility index (Phi) is 15.4. The van der Waals surface area contributed by atoms with Crippen molar-refractivity contribution in [3.63, 3.8) is 0 Å². The van der Waals surface area contributed by atoms with Crippen LogP contribution < -0.4 is 5.32 Å². The summed E-state index contributed by atoms with van der Waals surface area (Å²) >= 11 is 0. The van der Waals surface area contributed by atoms with Crippen molar-refractivity contribution < 1.29 is 9.53 Å². The predicted molar refractivity (Wildman–Crippen MR) is 90.6 cm³/mol. The molecule has 0 aromatic heterocycles. The van der Waals surface area contributed by atoms with Crippen LogP contribution in [-0.2, 0) is 9.53 Å². The summed E-state index contributed by atoms with van der Waals surface area (Å²) < 4.78 is 5.72. The largest absolute Gasteiger partial charge is 0.377 e. The Balaban J connectivity index is 3.23. The van der Waals surface area contributed by atoms with Crippen molar-refractivity contribution in [3.05, 3.63) is 0 Å². The molecule has 0 heterocycles. The van der Waals surface area contributed by atoms with Crippen molar-refractivity contribution in [2.45, 2.75) is 97.5 Å². The van der Waals surface area contributed by atoms with Crippen LogP contribution in [-0.4, -0.2) is 25.2 Å². The molecule has 21 heavy (non-hydrogen) atoms. The van der Waals surface area contributed by atoms with Crippen LogP contribution in [0.5, 0.6) is 0 Å². The lowest BCUT2D eigenvalue weighted by molar-refractivity contribution is -0.121. The summed E-state index contributed by atoms with van der Waals surface area (Å²) in [6, 6.07) is 0. The Morgan fingerprint density at radius 3 is 2.19 bits per heavy atom. The minimum Gasteiger partial charge on any atom is -0.377 e. The minimum absolute atomic E-state index is 0.136. The van der Waals surface area contributed by atoms with E-state index in [0.29, 0.717) is 25.7 Å². The number of amides is 1. The molecule has 0 radical (unpaired) electrons. The predicted octanol–water partition coefficient (Wildman–Crippen LogP) is 4.84. The molecule has 0 rings (SSSR count). The maximum atomic E-state index is 11.3. The average Bonchev–Trinajstić information content (AvgIpc) is 2.47. The standard InChI is InChI=1S/C18H37NO2/c1-4-6-7-8-9-10-11-12-14-17(3)21-16-15-19-18(20)13-5-2/h17H,4-16H2,1-3H3,(H,19,20). The first-order chi connectivity index (χ1) is 10.2. The summed E-state index contributed by atoms with van der Waals surface area (Å²) in [5.74, 6) is 0.136. The fourth-order valence-corrected chi connectivity index (χ4v) is 2.42. The molecule has 0 aromatic rings. The highest BCUT2D eigenvalue weighted by Crippen LogP contribution is 2.11. The van der Waals surface area contributed by atoms with Crippen LogP contribution in [0.2, 0.25) is 0 Å². The molecule has 1 atom stereocenters. The highest BCUT2D eigenvalue weighted by atomic mass is 16.5. The van der Waals surface area contributed by atoms with E-state index in [9.17, 15) is 4.79 Å². The molecule has 1 N–H and O–H groups in total. The summed E-state index contributed by atoms with van der Waals surface area (Å²) in [4.78, 5) is 11.3. The van der Waals surface area contributed by atoms with Crippen LogP contribution in [0.3, 0.4) is 0 Å². The fourth-order valence-electron chi connectivity index (χ4n) is 2.42. The highest BCUT2D eigenvalue weighted by molar-refractivity contribution is 5.75. The Morgan fingerprint density at radius 1 is 0.952 bits per heavy atom. The molecule has 0 saturated heterocycles. The normalized spacial score (nSPS) is 12.3. The molecular formula is C18H37NO2. The van der Waals surface area contributed by atoms with Gasteiger partial charge >= 0.3 is 0 Å². The van der Waals surface area contributed by atoms with Crippen LogP contribution >= 0.6 is 0 Å². The van der Waals surface area contributed by atoms with E-state index in [1.54, 1.807) is 0 Å². The van der Waals surface area contributed by atoms with E-state index in [-0.39, 0.29) is 5.91 Å². The number of carbonyl (C=O) groups is 1. The van der Waals surface area contributed by atoms with Crippen LogP contribution in [0.25, 0.3) is 0 Å². The van der Waals surface area contributed by atoms with Crippen LogP contribution in [0, 0.1) is 0 Å². The molecule has 0 aromatic carbocycles. The van der Waals surface area contributed by atoms with Gasteiger partial charge < -0.3 is 10.1 Å². The number of hydrogen-bond acceptors (Lipinski definition) is 2. The molecule has 0 fully saturated rings. The lowest BCUT2D eigenvalue weighted by atomic mass is 10.1. The second-order valence-corrected chi connectivity index (χ2v) is 6.04. The summed E-state index contributed by atoms with van der Waals surface area (Å²) in [5, 5.41) is 2.88. The third-order valence-electron chi connectivity index (χ3n) is 3.77. The van der Waals surface area contributed by atoms with E-state index < -0.39 is 0 Å². The van der Waals surface area contributed by atoms with Gasteiger partial charge in [0.2, 0.25) is 5.91 Å². The molecule has 126 valence electrons. The van der Waals surface area contributed by atoms with Gasteiger partial charge in [-0.1, -0.05) is 65.2 Å². The van der Waals surface area contributed by atoms with E-state index in [4.69, 9.17) is 4.74 Å². The van der Waals surface area contributed by atoms with Gasteiger partial charge in [-0.15, -0.1) is 0 Å². The summed E-state index contributed by atoms with van der Waals surface area (Å²) in [6.45, 7) is 7.68.